The van der Waals surface area contributed by atoms with Gasteiger partial charge in [-0.1, -0.05) is 18.5 Å². The first kappa shape index (κ1) is 16.3. The maximum atomic E-state index is 12.0. The molecule has 1 aromatic carbocycles. The Hall–Kier alpha value is -1.71. The van der Waals surface area contributed by atoms with Crippen molar-refractivity contribution in [3.05, 3.63) is 33.3 Å². The summed E-state index contributed by atoms with van der Waals surface area (Å²) in [5.41, 5.74) is -0.717. The molecule has 0 aliphatic rings. The molecule has 0 saturated carbocycles. The number of halogens is 1. The summed E-state index contributed by atoms with van der Waals surface area (Å²) in [6.07, 6.45) is -0.00402. The Labute approximate surface area is 119 Å². The van der Waals surface area contributed by atoms with Crippen molar-refractivity contribution in [2.75, 3.05) is 0 Å². The number of rotatable bonds is 6. The molecular weight excluding hydrogens is 312 g/mol. The van der Waals surface area contributed by atoms with Crippen LogP contribution in [0.15, 0.2) is 23.1 Å². The Bertz CT molecular complexity index is 645. The van der Waals surface area contributed by atoms with E-state index in [0.717, 1.165) is 12.1 Å². The molecule has 0 unspecified atom stereocenters. The quantitative estimate of drug-likeness (QED) is 0.602. The zero-order valence-corrected chi connectivity index (χ0v) is 11.8. The first-order chi connectivity index (χ1) is 9.19. The number of carboxylic acids is 1. The monoisotopic (exact) mass is 322 g/mol. The number of nitrogens with one attached hydrogen (secondary N) is 1. The van der Waals surface area contributed by atoms with E-state index in [9.17, 15) is 23.3 Å². The average Bonchev–Trinajstić information content (AvgIpc) is 2.35. The molecule has 110 valence electrons. The van der Waals surface area contributed by atoms with E-state index in [0.29, 0.717) is 0 Å². The van der Waals surface area contributed by atoms with Gasteiger partial charge in [-0.15, -0.1) is 0 Å². The molecule has 1 rings (SSSR count). The second-order valence-electron chi connectivity index (χ2n) is 3.79. The van der Waals surface area contributed by atoms with Crippen LogP contribution in [0, 0.1) is 10.1 Å². The first-order valence-electron chi connectivity index (χ1n) is 5.38. The molecule has 8 nitrogen and oxygen atoms in total. The van der Waals surface area contributed by atoms with Gasteiger partial charge in [0.2, 0.25) is 10.0 Å². The molecule has 1 aromatic rings. The third-order valence-corrected chi connectivity index (χ3v) is 4.17. The highest BCUT2D eigenvalue weighted by Crippen LogP contribution is 2.27. The van der Waals surface area contributed by atoms with E-state index in [1.54, 1.807) is 0 Å². The van der Waals surface area contributed by atoms with Gasteiger partial charge in [0, 0.05) is 11.1 Å². The van der Waals surface area contributed by atoms with Gasteiger partial charge in [0.05, 0.1) is 4.92 Å². The van der Waals surface area contributed by atoms with Crippen LogP contribution in [0.2, 0.25) is 5.02 Å². The summed E-state index contributed by atoms with van der Waals surface area (Å²) in [5.74, 6) is -1.37. The fraction of sp³-hybridized carbons (Fsp3) is 0.300. The van der Waals surface area contributed by atoms with Crippen molar-refractivity contribution in [2.45, 2.75) is 24.3 Å². The number of hydrogen-bond donors (Lipinski definition) is 2. The van der Waals surface area contributed by atoms with E-state index < -0.39 is 37.5 Å². The topological polar surface area (TPSA) is 127 Å². The van der Waals surface area contributed by atoms with Gasteiger partial charge in [-0.25, -0.2) is 8.42 Å². The van der Waals surface area contributed by atoms with Gasteiger partial charge in [0.1, 0.15) is 6.04 Å². The fourth-order valence-corrected chi connectivity index (χ4v) is 3.01. The smallest absolute Gasteiger partial charge is 0.321 e. The number of nitrogens with zero attached hydrogens (tertiary/aromatic N) is 1. The summed E-state index contributed by atoms with van der Waals surface area (Å²) < 4.78 is 25.9. The van der Waals surface area contributed by atoms with E-state index in [1.165, 1.54) is 13.0 Å². The van der Waals surface area contributed by atoms with Crippen LogP contribution in [0.3, 0.4) is 0 Å². The Morgan fingerprint density at radius 3 is 2.60 bits per heavy atom. The lowest BCUT2D eigenvalue weighted by molar-refractivity contribution is -0.387. The van der Waals surface area contributed by atoms with Crippen molar-refractivity contribution in [1.29, 1.82) is 0 Å². The number of aliphatic carboxylic acids is 1. The van der Waals surface area contributed by atoms with Gasteiger partial charge in [0.25, 0.3) is 5.69 Å². The van der Waals surface area contributed by atoms with Gasteiger partial charge in [0.15, 0.2) is 4.90 Å². The minimum Gasteiger partial charge on any atom is -0.480 e. The van der Waals surface area contributed by atoms with Crippen molar-refractivity contribution in [1.82, 2.24) is 4.72 Å². The summed E-state index contributed by atoms with van der Waals surface area (Å²) in [6.45, 7) is 1.47. The summed E-state index contributed by atoms with van der Waals surface area (Å²) >= 11 is 5.58. The predicted octanol–water partition coefficient (Wildman–Crippen LogP) is 1.39. The zero-order valence-electron chi connectivity index (χ0n) is 10.2. The molecule has 1 atom stereocenters. The van der Waals surface area contributed by atoms with E-state index >= 15 is 0 Å². The number of nitro benzene ring substituents is 1. The van der Waals surface area contributed by atoms with E-state index in [4.69, 9.17) is 16.7 Å². The Morgan fingerprint density at radius 2 is 2.15 bits per heavy atom. The molecule has 0 aliphatic heterocycles. The molecular formula is C10H11ClN2O6S. The number of carbonyl (C=O) groups is 1. The molecule has 20 heavy (non-hydrogen) atoms. The molecule has 0 spiro atoms. The largest absolute Gasteiger partial charge is 0.480 e. The highest BCUT2D eigenvalue weighted by atomic mass is 35.5. The molecule has 0 fully saturated rings. The van der Waals surface area contributed by atoms with Gasteiger partial charge >= 0.3 is 5.97 Å². The van der Waals surface area contributed by atoms with Crippen molar-refractivity contribution in [3.8, 4) is 0 Å². The molecule has 0 saturated heterocycles. The summed E-state index contributed by atoms with van der Waals surface area (Å²) in [4.78, 5) is 20.1. The van der Waals surface area contributed by atoms with E-state index in [-0.39, 0.29) is 11.4 Å². The normalized spacial score (nSPS) is 12.9. The van der Waals surface area contributed by atoms with Gasteiger partial charge in [-0.2, -0.15) is 4.72 Å². The van der Waals surface area contributed by atoms with Crippen molar-refractivity contribution < 1.29 is 23.2 Å². The second kappa shape index (κ2) is 6.16. The van der Waals surface area contributed by atoms with Crippen LogP contribution in [-0.2, 0) is 14.8 Å². The third-order valence-electron chi connectivity index (χ3n) is 2.41. The Balaban J connectivity index is 3.29. The lowest BCUT2D eigenvalue weighted by Gasteiger charge is -2.12. The van der Waals surface area contributed by atoms with Crippen molar-refractivity contribution in [2.24, 2.45) is 0 Å². The number of carboxylic acid groups (broad SMARTS) is 1. The molecule has 0 amide bonds. The SMILES string of the molecule is CC[C@H](NS(=O)(=O)c1ccc(Cl)cc1[N+](=O)[O-])C(=O)O. The van der Waals surface area contributed by atoms with Gasteiger partial charge in [-0.3, -0.25) is 14.9 Å². The van der Waals surface area contributed by atoms with Crippen LogP contribution in [-0.4, -0.2) is 30.5 Å². The maximum Gasteiger partial charge on any atom is 0.321 e. The van der Waals surface area contributed by atoms with Crippen LogP contribution in [0.1, 0.15) is 13.3 Å². The van der Waals surface area contributed by atoms with Crippen molar-refractivity contribution >= 4 is 33.3 Å². The average molecular weight is 323 g/mol. The highest BCUT2D eigenvalue weighted by molar-refractivity contribution is 7.89. The number of hydrogen-bond acceptors (Lipinski definition) is 5. The minimum absolute atomic E-state index is 0.000858. The molecule has 10 heteroatoms. The highest BCUT2D eigenvalue weighted by Gasteiger charge is 2.30. The van der Waals surface area contributed by atoms with Gasteiger partial charge in [-0.05, 0) is 18.6 Å². The standard InChI is InChI=1S/C10H11ClN2O6S/c1-2-7(10(14)15)12-20(18,19)9-4-3-6(11)5-8(9)13(16)17/h3-5,7,12H,2H2,1H3,(H,14,15)/t7-/m0/s1. The van der Waals surface area contributed by atoms with Crippen LogP contribution >= 0.6 is 11.6 Å². The molecule has 0 bridgehead atoms. The summed E-state index contributed by atoms with van der Waals surface area (Å²) in [7, 11) is -4.34. The third kappa shape index (κ3) is 3.65. The predicted molar refractivity (Wildman–Crippen MR) is 70.1 cm³/mol. The second-order valence-corrected chi connectivity index (χ2v) is 5.91. The molecule has 0 heterocycles. The molecule has 0 aromatic heterocycles. The Morgan fingerprint density at radius 1 is 1.55 bits per heavy atom. The van der Waals surface area contributed by atoms with Crippen LogP contribution < -0.4 is 4.72 Å². The van der Waals surface area contributed by atoms with Crippen molar-refractivity contribution in [3.63, 3.8) is 0 Å². The van der Waals surface area contributed by atoms with Crippen LogP contribution in [0.4, 0.5) is 5.69 Å². The molecule has 0 radical (unpaired) electrons. The van der Waals surface area contributed by atoms with E-state index in [1.807, 2.05) is 4.72 Å². The summed E-state index contributed by atoms with van der Waals surface area (Å²) in [5, 5.41) is 19.7. The molecule has 0 aliphatic carbocycles. The molecule has 2 N–H and O–H groups in total. The lowest BCUT2D eigenvalue weighted by atomic mass is 10.2. The number of benzene rings is 1. The Kier molecular flexibility index (Phi) is 5.03. The van der Waals surface area contributed by atoms with E-state index in [2.05, 4.69) is 0 Å². The van der Waals surface area contributed by atoms with Crippen LogP contribution in [0.25, 0.3) is 0 Å². The fourth-order valence-electron chi connectivity index (χ4n) is 1.42. The lowest BCUT2D eigenvalue weighted by Crippen LogP contribution is -2.40. The number of nitro groups is 1. The maximum absolute atomic E-state index is 12.0. The minimum atomic E-state index is -4.34. The first-order valence-corrected chi connectivity index (χ1v) is 7.24. The zero-order chi connectivity index (χ0) is 15.5. The summed E-state index contributed by atoms with van der Waals surface area (Å²) in [6, 6.07) is 1.65. The van der Waals surface area contributed by atoms with Crippen LogP contribution in [0.5, 0.6) is 0 Å². The number of sulfonamides is 1. The van der Waals surface area contributed by atoms with Gasteiger partial charge < -0.3 is 5.11 Å².